The smallest absolute Gasteiger partial charge is 0.345 e. The number of rotatable bonds is 10. The molecule has 0 fully saturated rings. The third-order valence-corrected chi connectivity index (χ3v) is 7.44. The molecule has 4 rings (SSSR count). The molecule has 1 unspecified atom stereocenters. The number of aromatic carboxylic acids is 1. The molecule has 6 N–H and O–H groups in total. The van der Waals surface area contributed by atoms with Crippen molar-refractivity contribution < 1.29 is 34.1 Å². The first-order valence-corrected chi connectivity index (χ1v) is 13.3. The highest BCUT2D eigenvalue weighted by molar-refractivity contribution is 7.12. The second-order valence-corrected chi connectivity index (χ2v) is 10.3. The van der Waals surface area contributed by atoms with E-state index >= 15 is 0 Å². The van der Waals surface area contributed by atoms with Crippen LogP contribution >= 0.6 is 11.3 Å². The van der Waals surface area contributed by atoms with Crippen molar-refractivity contribution in [3.05, 3.63) is 81.0 Å². The summed E-state index contributed by atoms with van der Waals surface area (Å²) in [7, 11) is 0. The maximum Gasteiger partial charge on any atom is 0.345 e. The van der Waals surface area contributed by atoms with Crippen LogP contribution in [0.3, 0.4) is 0 Å². The second-order valence-electron chi connectivity index (χ2n) is 9.37. The van der Waals surface area contributed by atoms with Crippen molar-refractivity contribution in [1.29, 1.82) is 0 Å². The molecular formula is C28H28N4O7S. The molecule has 0 bridgehead atoms. The molecule has 1 heterocycles. The number of amides is 1. The predicted molar refractivity (Wildman–Crippen MR) is 148 cm³/mol. The van der Waals surface area contributed by atoms with Crippen LogP contribution in [0.25, 0.3) is 0 Å². The Kier molecular flexibility index (Phi) is 8.80. The van der Waals surface area contributed by atoms with Gasteiger partial charge in [-0.15, -0.1) is 11.3 Å². The van der Waals surface area contributed by atoms with Crippen molar-refractivity contribution in [2.75, 3.05) is 6.54 Å². The van der Waals surface area contributed by atoms with Gasteiger partial charge in [-0.25, -0.2) is 14.6 Å². The largest absolute Gasteiger partial charge is 0.481 e. The van der Waals surface area contributed by atoms with Crippen LogP contribution < -0.4 is 16.2 Å². The lowest BCUT2D eigenvalue weighted by Gasteiger charge is -2.30. The van der Waals surface area contributed by atoms with E-state index in [1.54, 1.807) is 41.8 Å². The molecule has 0 spiro atoms. The number of carboxylic acid groups (broad SMARTS) is 2. The minimum Gasteiger partial charge on any atom is -0.481 e. The zero-order valence-electron chi connectivity index (χ0n) is 21.4. The first-order valence-electron chi connectivity index (χ1n) is 12.4. The number of aliphatic imine (C=N–C) groups is 1. The van der Waals surface area contributed by atoms with E-state index in [2.05, 4.69) is 4.99 Å². The summed E-state index contributed by atoms with van der Waals surface area (Å²) in [6.45, 7) is 0.165. The number of fused-ring (bicyclic) bond motifs is 1. The topological polar surface area (TPSA) is 186 Å². The van der Waals surface area contributed by atoms with Crippen LogP contribution in [-0.2, 0) is 29.0 Å². The number of aryl methyl sites for hydroxylation is 1. The second kappa shape index (κ2) is 12.4. The Morgan fingerprint density at radius 1 is 1.02 bits per heavy atom. The Balaban J connectivity index is 1.42. The number of benzene rings is 2. The van der Waals surface area contributed by atoms with Crippen molar-refractivity contribution in [2.45, 2.75) is 32.2 Å². The first kappa shape index (κ1) is 28.3. The van der Waals surface area contributed by atoms with Gasteiger partial charge in [0.2, 0.25) is 5.91 Å². The predicted octanol–water partition coefficient (Wildman–Crippen LogP) is 3.18. The summed E-state index contributed by atoms with van der Waals surface area (Å²) >= 11 is 1.06. The molecule has 0 saturated heterocycles. The number of aliphatic carboxylic acids is 1. The Labute approximate surface area is 233 Å². The van der Waals surface area contributed by atoms with Gasteiger partial charge in [-0.1, -0.05) is 6.07 Å². The van der Waals surface area contributed by atoms with Crippen LogP contribution in [0.5, 0.6) is 5.75 Å². The number of thiophene rings is 1. The number of nitrogens with two attached hydrogens (primary N) is 2. The normalized spacial score (nSPS) is 14.1. The van der Waals surface area contributed by atoms with Crippen LogP contribution in [-0.4, -0.2) is 51.4 Å². The fourth-order valence-electron chi connectivity index (χ4n) is 4.54. The van der Waals surface area contributed by atoms with Gasteiger partial charge >= 0.3 is 17.9 Å². The quantitative estimate of drug-likeness (QED) is 0.124. The molecule has 1 atom stereocenters. The van der Waals surface area contributed by atoms with E-state index in [0.29, 0.717) is 41.8 Å². The van der Waals surface area contributed by atoms with Crippen LogP contribution in [0, 0.1) is 5.92 Å². The van der Waals surface area contributed by atoms with Gasteiger partial charge in [-0.05, 0) is 83.8 Å². The van der Waals surface area contributed by atoms with Gasteiger partial charge < -0.3 is 31.3 Å². The van der Waals surface area contributed by atoms with E-state index in [9.17, 15) is 24.3 Å². The van der Waals surface area contributed by atoms with Crippen molar-refractivity contribution in [3.63, 3.8) is 0 Å². The SMILES string of the molecule is NC(N)=Nc1ccc(C(=O)Oc2ccc3c(c2)CCC(C(=O)N(CCC(=O)O)Cc2csc(C(=O)O)c2)C3)cc1. The molecule has 3 aromatic rings. The summed E-state index contributed by atoms with van der Waals surface area (Å²) in [5.41, 5.74) is 14.1. The monoisotopic (exact) mass is 564 g/mol. The van der Waals surface area contributed by atoms with Gasteiger partial charge in [-0.3, -0.25) is 9.59 Å². The molecule has 1 aliphatic rings. The third-order valence-electron chi connectivity index (χ3n) is 6.47. The minimum absolute atomic E-state index is 0.0254. The van der Waals surface area contributed by atoms with Crippen LogP contribution in [0.1, 0.15) is 49.6 Å². The number of ether oxygens (including phenoxy) is 1. The van der Waals surface area contributed by atoms with Crippen molar-refractivity contribution in [1.82, 2.24) is 4.90 Å². The maximum absolute atomic E-state index is 13.4. The highest BCUT2D eigenvalue weighted by Gasteiger charge is 2.29. The van der Waals surface area contributed by atoms with Crippen LogP contribution in [0.4, 0.5) is 5.69 Å². The summed E-state index contributed by atoms with van der Waals surface area (Å²) in [5.74, 6) is -2.82. The molecule has 1 amide bonds. The van der Waals surface area contributed by atoms with E-state index in [1.165, 1.54) is 11.0 Å². The fourth-order valence-corrected chi connectivity index (χ4v) is 5.28. The molecular weight excluding hydrogens is 536 g/mol. The summed E-state index contributed by atoms with van der Waals surface area (Å²) in [4.78, 5) is 54.0. The number of carbonyl (C=O) groups is 4. The standard InChI is InChI=1S/C28H28N4O7S/c29-28(30)31-21-6-3-17(4-7-21)27(38)39-22-8-5-18-12-20(2-1-19(18)13-22)25(35)32(10-9-24(33)34)14-16-11-23(26(36)37)40-15-16/h3-8,11,13,15,20H,1-2,9-10,12,14H2,(H,33,34)(H,36,37)(H4,29,30,31). The maximum atomic E-state index is 13.4. The summed E-state index contributed by atoms with van der Waals surface area (Å²) < 4.78 is 5.54. The van der Waals surface area contributed by atoms with Gasteiger partial charge in [0.25, 0.3) is 0 Å². The molecule has 0 saturated carbocycles. The lowest BCUT2D eigenvalue weighted by molar-refractivity contribution is -0.140. The molecule has 208 valence electrons. The average Bonchev–Trinajstić information content (AvgIpc) is 3.39. The zero-order valence-corrected chi connectivity index (χ0v) is 22.2. The Morgan fingerprint density at radius 2 is 1.77 bits per heavy atom. The van der Waals surface area contributed by atoms with Crippen LogP contribution in [0.15, 0.2) is 58.9 Å². The van der Waals surface area contributed by atoms with Gasteiger partial charge in [0.1, 0.15) is 10.6 Å². The number of carboxylic acids is 2. The van der Waals surface area contributed by atoms with Crippen molar-refractivity contribution >= 4 is 46.8 Å². The average molecular weight is 565 g/mol. The number of hydrogen-bond donors (Lipinski definition) is 4. The Bertz CT molecular complexity index is 1460. The van der Waals surface area contributed by atoms with Crippen LogP contribution in [0.2, 0.25) is 0 Å². The number of hydrogen-bond acceptors (Lipinski definition) is 7. The fraction of sp³-hybridized carbons (Fsp3) is 0.250. The summed E-state index contributed by atoms with van der Waals surface area (Å²) in [6, 6.07) is 13.1. The number of esters is 1. The lowest BCUT2D eigenvalue weighted by Crippen LogP contribution is -2.39. The van der Waals surface area contributed by atoms with E-state index in [-0.39, 0.29) is 42.2 Å². The molecule has 11 nitrogen and oxygen atoms in total. The highest BCUT2D eigenvalue weighted by Crippen LogP contribution is 2.31. The molecule has 1 aromatic heterocycles. The highest BCUT2D eigenvalue weighted by atomic mass is 32.1. The summed E-state index contributed by atoms with van der Waals surface area (Å²) in [6.07, 6.45) is 1.38. The number of guanidine groups is 1. The molecule has 0 aliphatic heterocycles. The van der Waals surface area contributed by atoms with Crippen molar-refractivity contribution in [3.8, 4) is 5.75 Å². The van der Waals surface area contributed by atoms with E-state index in [0.717, 1.165) is 22.5 Å². The zero-order chi connectivity index (χ0) is 28.8. The molecule has 12 heteroatoms. The first-order chi connectivity index (χ1) is 19.1. The Morgan fingerprint density at radius 3 is 2.42 bits per heavy atom. The third kappa shape index (κ3) is 7.23. The van der Waals surface area contributed by atoms with E-state index in [4.69, 9.17) is 21.3 Å². The molecule has 40 heavy (non-hydrogen) atoms. The number of carbonyl (C=O) groups excluding carboxylic acids is 2. The van der Waals surface area contributed by atoms with Gasteiger partial charge in [-0.2, -0.15) is 0 Å². The lowest BCUT2D eigenvalue weighted by atomic mass is 9.83. The number of nitrogens with zero attached hydrogens (tertiary/aromatic N) is 2. The van der Waals surface area contributed by atoms with Gasteiger partial charge in [0, 0.05) is 19.0 Å². The molecule has 2 aromatic carbocycles. The van der Waals surface area contributed by atoms with Gasteiger partial charge in [0.15, 0.2) is 5.96 Å². The van der Waals surface area contributed by atoms with Gasteiger partial charge in [0.05, 0.1) is 17.7 Å². The summed E-state index contributed by atoms with van der Waals surface area (Å²) in [5, 5.41) is 20.0. The Hall–Kier alpha value is -4.71. The van der Waals surface area contributed by atoms with E-state index in [1.807, 2.05) is 6.07 Å². The molecule has 0 radical (unpaired) electrons. The minimum atomic E-state index is -1.05. The van der Waals surface area contributed by atoms with E-state index < -0.39 is 17.9 Å². The molecule has 1 aliphatic carbocycles. The van der Waals surface area contributed by atoms with Crippen molar-refractivity contribution in [2.24, 2.45) is 22.4 Å².